The molecule has 3 nitrogen and oxygen atoms in total. The zero-order valence-electron chi connectivity index (χ0n) is 6.26. The molecule has 1 aromatic heterocycles. The van der Waals surface area contributed by atoms with Crippen LogP contribution in [0.4, 0.5) is 8.78 Å². The van der Waals surface area contributed by atoms with E-state index in [9.17, 15) is 8.78 Å². The summed E-state index contributed by atoms with van der Waals surface area (Å²) in [5.41, 5.74) is -0.0459. The minimum Gasteiger partial charge on any atom is -0.304 e. The van der Waals surface area contributed by atoms with Crippen LogP contribution in [-0.4, -0.2) is 11.6 Å². The van der Waals surface area contributed by atoms with Crippen molar-refractivity contribution in [3.05, 3.63) is 29.6 Å². The number of pyridine rings is 1. The molecule has 0 radical (unpaired) electrons. The largest absolute Gasteiger partial charge is 0.304 e. The molecule has 1 heterocycles. The average molecular weight is 174 g/mol. The summed E-state index contributed by atoms with van der Waals surface area (Å²) in [6, 6.07) is 0. The summed E-state index contributed by atoms with van der Waals surface area (Å²) in [5, 5.41) is 0. The molecule has 0 aliphatic rings. The van der Waals surface area contributed by atoms with Gasteiger partial charge >= 0.3 is 0 Å². The van der Waals surface area contributed by atoms with Crippen LogP contribution in [0.5, 0.6) is 0 Å². The van der Waals surface area contributed by atoms with Crippen LogP contribution in [0.25, 0.3) is 0 Å². The van der Waals surface area contributed by atoms with Gasteiger partial charge in [-0.3, -0.25) is 4.98 Å². The predicted molar refractivity (Wildman–Crippen MR) is 38.0 cm³/mol. The van der Waals surface area contributed by atoms with Crippen molar-refractivity contribution in [2.45, 2.75) is 6.42 Å². The van der Waals surface area contributed by atoms with Crippen LogP contribution in [0, 0.1) is 11.6 Å². The normalized spacial score (nSPS) is 10.2. The Morgan fingerprint density at radius 1 is 1.33 bits per heavy atom. The lowest BCUT2D eigenvalue weighted by atomic mass is 10.2. The Balaban J connectivity index is 2.81. The molecule has 1 aromatic rings. The molecule has 0 aromatic carbocycles. The minimum atomic E-state index is -0.674. The average Bonchev–Trinajstić information content (AvgIpc) is 2.04. The summed E-state index contributed by atoms with van der Waals surface area (Å²) in [7, 11) is 0. The second-order valence-corrected chi connectivity index (χ2v) is 2.20. The molecule has 0 saturated carbocycles. The maximum absolute atomic E-state index is 12.8. The highest BCUT2D eigenvalue weighted by Gasteiger charge is 2.07. The van der Waals surface area contributed by atoms with E-state index in [1.54, 1.807) is 0 Å². The molecular formula is C7H8F2N2O. The van der Waals surface area contributed by atoms with Crippen molar-refractivity contribution in [1.29, 1.82) is 0 Å². The summed E-state index contributed by atoms with van der Waals surface area (Å²) < 4.78 is 25.5. The van der Waals surface area contributed by atoms with Crippen LogP contribution in [0.3, 0.4) is 0 Å². The zero-order chi connectivity index (χ0) is 8.97. The Morgan fingerprint density at radius 3 is 2.42 bits per heavy atom. The fourth-order valence-corrected chi connectivity index (χ4v) is 0.838. The monoisotopic (exact) mass is 174 g/mol. The van der Waals surface area contributed by atoms with Gasteiger partial charge in [-0.05, 0) is 0 Å². The summed E-state index contributed by atoms with van der Waals surface area (Å²) in [4.78, 5) is 7.53. The SMILES string of the molecule is NOCCc1c(F)cncc1F. The maximum atomic E-state index is 12.8. The highest BCUT2D eigenvalue weighted by Crippen LogP contribution is 2.10. The fourth-order valence-electron chi connectivity index (χ4n) is 0.838. The fraction of sp³-hybridized carbons (Fsp3) is 0.286. The summed E-state index contributed by atoms with van der Waals surface area (Å²) in [6.45, 7) is 0.0812. The van der Waals surface area contributed by atoms with Gasteiger partial charge in [0.1, 0.15) is 11.6 Å². The van der Waals surface area contributed by atoms with E-state index in [-0.39, 0.29) is 18.6 Å². The second kappa shape index (κ2) is 4.08. The number of hydrogen-bond acceptors (Lipinski definition) is 3. The molecule has 0 fully saturated rings. The first-order valence-electron chi connectivity index (χ1n) is 3.35. The van der Waals surface area contributed by atoms with Crippen molar-refractivity contribution in [2.24, 2.45) is 5.90 Å². The lowest BCUT2D eigenvalue weighted by Gasteiger charge is -2.01. The van der Waals surface area contributed by atoms with Gasteiger partial charge < -0.3 is 4.84 Å². The number of nitrogens with two attached hydrogens (primary N) is 1. The first-order chi connectivity index (χ1) is 5.75. The number of hydrogen-bond donors (Lipinski definition) is 1. The van der Waals surface area contributed by atoms with Crippen LogP contribution < -0.4 is 5.90 Å². The highest BCUT2D eigenvalue weighted by molar-refractivity contribution is 5.15. The van der Waals surface area contributed by atoms with E-state index in [0.717, 1.165) is 12.4 Å². The molecule has 1 rings (SSSR count). The Bertz CT molecular complexity index is 247. The minimum absolute atomic E-state index is 0.0459. The van der Waals surface area contributed by atoms with E-state index in [1.165, 1.54) is 0 Å². The first-order valence-corrected chi connectivity index (χ1v) is 3.35. The van der Waals surface area contributed by atoms with E-state index in [1.807, 2.05) is 0 Å². The van der Waals surface area contributed by atoms with E-state index < -0.39 is 11.6 Å². The molecule has 0 saturated heterocycles. The van der Waals surface area contributed by atoms with Crippen LogP contribution in [0.15, 0.2) is 12.4 Å². The van der Waals surface area contributed by atoms with Crippen molar-refractivity contribution >= 4 is 0 Å². The van der Waals surface area contributed by atoms with Crippen molar-refractivity contribution in [3.63, 3.8) is 0 Å². The van der Waals surface area contributed by atoms with Gasteiger partial charge in [-0.25, -0.2) is 14.7 Å². The standard InChI is InChI=1S/C7H8F2N2O/c8-6-3-11-4-7(9)5(6)1-2-12-10/h3-4H,1-2,10H2. The summed E-state index contributed by atoms with van der Waals surface area (Å²) >= 11 is 0. The third-order valence-corrected chi connectivity index (χ3v) is 1.42. The molecular weight excluding hydrogens is 166 g/mol. The number of aromatic nitrogens is 1. The van der Waals surface area contributed by atoms with Gasteiger partial charge in [0.25, 0.3) is 0 Å². The summed E-state index contributed by atoms with van der Waals surface area (Å²) in [6.07, 6.45) is 2.01. The molecule has 0 unspecified atom stereocenters. The Hall–Kier alpha value is -1.07. The van der Waals surface area contributed by atoms with Gasteiger partial charge in [-0.15, -0.1) is 0 Å². The van der Waals surface area contributed by atoms with E-state index in [0.29, 0.717) is 0 Å². The van der Waals surface area contributed by atoms with Crippen molar-refractivity contribution in [2.75, 3.05) is 6.61 Å². The predicted octanol–water partition coefficient (Wildman–Crippen LogP) is 0.793. The zero-order valence-corrected chi connectivity index (χ0v) is 6.26. The molecule has 0 bridgehead atoms. The summed E-state index contributed by atoms with van der Waals surface area (Å²) in [5.74, 6) is 3.37. The molecule has 66 valence electrons. The van der Waals surface area contributed by atoms with Gasteiger partial charge in [0.15, 0.2) is 0 Å². The van der Waals surface area contributed by atoms with Crippen LogP contribution in [0.2, 0.25) is 0 Å². The van der Waals surface area contributed by atoms with Crippen molar-refractivity contribution in [1.82, 2.24) is 4.98 Å². The van der Waals surface area contributed by atoms with Gasteiger partial charge in [-0.1, -0.05) is 0 Å². The second-order valence-electron chi connectivity index (χ2n) is 2.20. The Labute approximate surface area is 68.1 Å². The third-order valence-electron chi connectivity index (χ3n) is 1.42. The van der Waals surface area contributed by atoms with Crippen LogP contribution in [-0.2, 0) is 11.3 Å². The molecule has 12 heavy (non-hydrogen) atoms. The number of nitrogens with zero attached hydrogens (tertiary/aromatic N) is 1. The van der Waals surface area contributed by atoms with Gasteiger partial charge in [-0.2, -0.15) is 0 Å². The maximum Gasteiger partial charge on any atom is 0.147 e. The molecule has 0 aliphatic carbocycles. The van der Waals surface area contributed by atoms with Gasteiger partial charge in [0.2, 0.25) is 0 Å². The lowest BCUT2D eigenvalue weighted by Crippen LogP contribution is -2.07. The molecule has 0 amide bonds. The third kappa shape index (κ3) is 1.96. The molecule has 0 atom stereocenters. The van der Waals surface area contributed by atoms with Gasteiger partial charge in [0.05, 0.1) is 19.0 Å². The number of halogens is 2. The quantitative estimate of drug-likeness (QED) is 0.689. The number of rotatable bonds is 3. The van der Waals surface area contributed by atoms with Crippen LogP contribution in [0.1, 0.15) is 5.56 Å². The van der Waals surface area contributed by atoms with Crippen LogP contribution >= 0.6 is 0 Å². The topological polar surface area (TPSA) is 48.1 Å². The smallest absolute Gasteiger partial charge is 0.147 e. The van der Waals surface area contributed by atoms with Crippen molar-refractivity contribution in [3.8, 4) is 0 Å². The van der Waals surface area contributed by atoms with Gasteiger partial charge in [0, 0.05) is 12.0 Å². The molecule has 5 heteroatoms. The highest BCUT2D eigenvalue weighted by atomic mass is 19.1. The van der Waals surface area contributed by atoms with Crippen molar-refractivity contribution < 1.29 is 13.6 Å². The van der Waals surface area contributed by atoms with E-state index in [2.05, 4.69) is 9.82 Å². The van der Waals surface area contributed by atoms with E-state index in [4.69, 9.17) is 5.90 Å². The lowest BCUT2D eigenvalue weighted by molar-refractivity contribution is 0.140. The first kappa shape index (κ1) is 9.02. The molecule has 0 spiro atoms. The Morgan fingerprint density at radius 2 is 1.92 bits per heavy atom. The Kier molecular flexibility index (Phi) is 3.07. The molecule has 2 N–H and O–H groups in total. The van der Waals surface area contributed by atoms with E-state index >= 15 is 0 Å². The molecule has 0 aliphatic heterocycles.